The van der Waals surface area contributed by atoms with Crippen LogP contribution in [0.3, 0.4) is 0 Å². The van der Waals surface area contributed by atoms with Crippen LogP contribution < -0.4 is 14.2 Å². The number of hydrogen-bond acceptors (Lipinski definition) is 5. The highest BCUT2D eigenvalue weighted by molar-refractivity contribution is 5.86. The van der Waals surface area contributed by atoms with Crippen molar-refractivity contribution in [2.45, 2.75) is 26.2 Å². The molecule has 0 spiro atoms. The molecule has 1 unspecified atom stereocenters. The van der Waals surface area contributed by atoms with Crippen LogP contribution in [-0.2, 0) is 9.53 Å². The number of methoxy groups -OCH3 is 3. The van der Waals surface area contributed by atoms with Gasteiger partial charge in [0.25, 0.3) is 0 Å². The second-order valence-corrected chi connectivity index (χ2v) is 5.05. The van der Waals surface area contributed by atoms with Gasteiger partial charge in [-0.1, -0.05) is 13.5 Å². The second kappa shape index (κ2) is 8.32. The van der Waals surface area contributed by atoms with E-state index in [1.807, 2.05) is 19.1 Å². The Morgan fingerprint density at radius 3 is 2.09 bits per heavy atom. The number of carbonyl (C=O) groups is 1. The molecule has 22 heavy (non-hydrogen) atoms. The van der Waals surface area contributed by atoms with Crippen LogP contribution in [0, 0.1) is 0 Å². The predicted octanol–water partition coefficient (Wildman–Crippen LogP) is 3.33. The third-order valence-corrected chi connectivity index (χ3v) is 3.38. The highest BCUT2D eigenvalue weighted by Gasteiger charge is 2.19. The first-order valence-corrected chi connectivity index (χ1v) is 7.07. The predicted molar refractivity (Wildman–Crippen MR) is 84.9 cm³/mol. The summed E-state index contributed by atoms with van der Waals surface area (Å²) < 4.78 is 21.2. The number of hydrogen-bond donors (Lipinski definition) is 0. The van der Waals surface area contributed by atoms with Gasteiger partial charge in [0, 0.05) is 23.3 Å². The lowest BCUT2D eigenvalue weighted by molar-refractivity contribution is -0.139. The van der Waals surface area contributed by atoms with Gasteiger partial charge in [-0.15, -0.1) is 0 Å². The van der Waals surface area contributed by atoms with Gasteiger partial charge in [-0.05, 0) is 19.3 Å². The van der Waals surface area contributed by atoms with Crippen molar-refractivity contribution in [1.29, 1.82) is 0 Å². The number of esters is 1. The minimum atomic E-state index is -0.374. The molecule has 1 aromatic carbocycles. The number of ether oxygens (including phenoxy) is 4. The van der Waals surface area contributed by atoms with E-state index in [1.165, 1.54) is 0 Å². The van der Waals surface area contributed by atoms with Gasteiger partial charge in [-0.3, -0.25) is 0 Å². The Hall–Kier alpha value is -2.17. The molecule has 0 amide bonds. The summed E-state index contributed by atoms with van der Waals surface area (Å²) in [6.07, 6.45) is 0.651. The third-order valence-electron chi connectivity index (χ3n) is 3.38. The van der Waals surface area contributed by atoms with Crippen molar-refractivity contribution in [2.75, 3.05) is 27.9 Å². The van der Waals surface area contributed by atoms with E-state index in [1.54, 1.807) is 28.3 Å². The Bertz CT molecular complexity index is 511. The molecule has 0 N–H and O–H groups in total. The molecule has 0 fully saturated rings. The van der Waals surface area contributed by atoms with Crippen LogP contribution in [-0.4, -0.2) is 33.9 Å². The average molecular weight is 308 g/mol. The molecule has 0 aliphatic carbocycles. The van der Waals surface area contributed by atoms with Crippen molar-refractivity contribution in [3.05, 3.63) is 29.8 Å². The van der Waals surface area contributed by atoms with E-state index in [-0.39, 0.29) is 11.9 Å². The van der Waals surface area contributed by atoms with Crippen LogP contribution in [0.1, 0.15) is 31.7 Å². The summed E-state index contributed by atoms with van der Waals surface area (Å²) in [6, 6.07) is 3.63. The van der Waals surface area contributed by atoms with E-state index in [4.69, 9.17) is 18.9 Å². The average Bonchev–Trinajstić information content (AvgIpc) is 2.52. The van der Waals surface area contributed by atoms with Crippen LogP contribution in [0.25, 0.3) is 0 Å². The van der Waals surface area contributed by atoms with Gasteiger partial charge >= 0.3 is 5.97 Å². The molecule has 5 heteroatoms. The van der Waals surface area contributed by atoms with E-state index in [0.29, 0.717) is 35.8 Å². The van der Waals surface area contributed by atoms with E-state index in [9.17, 15) is 4.79 Å². The first-order valence-electron chi connectivity index (χ1n) is 7.07. The summed E-state index contributed by atoms with van der Waals surface area (Å²) in [5, 5.41) is 0. The highest BCUT2D eigenvalue weighted by Crippen LogP contribution is 2.40. The van der Waals surface area contributed by atoms with Gasteiger partial charge in [0.15, 0.2) is 0 Å². The summed E-state index contributed by atoms with van der Waals surface area (Å²) in [5.41, 5.74) is 1.32. The van der Waals surface area contributed by atoms with Crippen molar-refractivity contribution in [2.24, 2.45) is 0 Å². The van der Waals surface area contributed by atoms with Gasteiger partial charge < -0.3 is 18.9 Å². The number of benzene rings is 1. The summed E-state index contributed by atoms with van der Waals surface area (Å²) in [7, 11) is 4.80. The van der Waals surface area contributed by atoms with Crippen molar-refractivity contribution in [3.8, 4) is 17.2 Å². The standard InChI is InChI=1S/C17H24O5/c1-11(2)17(18)22-8-7-12(3)16-14(20-5)9-13(19-4)10-15(16)21-6/h9-10,12H,1,7-8H2,2-6H3. The van der Waals surface area contributed by atoms with Gasteiger partial charge in [0.05, 0.1) is 27.9 Å². The fourth-order valence-corrected chi connectivity index (χ4v) is 2.11. The maximum absolute atomic E-state index is 11.4. The first-order chi connectivity index (χ1) is 10.4. The zero-order chi connectivity index (χ0) is 16.7. The molecule has 0 aromatic heterocycles. The molecule has 0 radical (unpaired) electrons. The first kappa shape index (κ1) is 17.9. The van der Waals surface area contributed by atoms with Gasteiger partial charge in [0.1, 0.15) is 17.2 Å². The maximum Gasteiger partial charge on any atom is 0.333 e. The second-order valence-electron chi connectivity index (χ2n) is 5.05. The van der Waals surface area contributed by atoms with E-state index < -0.39 is 0 Å². The van der Waals surface area contributed by atoms with Crippen LogP contribution >= 0.6 is 0 Å². The van der Waals surface area contributed by atoms with Crippen LogP contribution in [0.4, 0.5) is 0 Å². The quantitative estimate of drug-likeness (QED) is 0.544. The van der Waals surface area contributed by atoms with Gasteiger partial charge in [-0.2, -0.15) is 0 Å². The topological polar surface area (TPSA) is 54.0 Å². The van der Waals surface area contributed by atoms with E-state index in [2.05, 4.69) is 6.58 Å². The fourth-order valence-electron chi connectivity index (χ4n) is 2.11. The van der Waals surface area contributed by atoms with Gasteiger partial charge in [0.2, 0.25) is 0 Å². The van der Waals surface area contributed by atoms with Crippen molar-refractivity contribution in [1.82, 2.24) is 0 Å². The van der Waals surface area contributed by atoms with Crippen LogP contribution in [0.5, 0.6) is 17.2 Å². The molecule has 0 aliphatic rings. The molecular weight excluding hydrogens is 284 g/mol. The summed E-state index contributed by atoms with van der Waals surface area (Å²) in [6.45, 7) is 7.52. The lowest BCUT2D eigenvalue weighted by atomic mass is 9.95. The zero-order valence-corrected chi connectivity index (χ0v) is 13.9. The fraction of sp³-hybridized carbons (Fsp3) is 0.471. The number of rotatable bonds is 8. The third kappa shape index (κ3) is 4.41. The van der Waals surface area contributed by atoms with E-state index in [0.717, 1.165) is 5.56 Å². The normalized spacial score (nSPS) is 11.5. The molecule has 122 valence electrons. The Morgan fingerprint density at radius 2 is 1.68 bits per heavy atom. The molecule has 1 rings (SSSR count). The summed E-state index contributed by atoms with van der Waals surface area (Å²) in [4.78, 5) is 11.4. The molecule has 1 aromatic rings. The minimum absolute atomic E-state index is 0.0914. The molecule has 0 bridgehead atoms. The Balaban J connectivity index is 2.89. The Labute approximate surface area is 131 Å². The molecular formula is C17H24O5. The SMILES string of the molecule is C=C(C)C(=O)OCCC(C)c1c(OC)cc(OC)cc1OC. The molecule has 0 aliphatic heterocycles. The lowest BCUT2D eigenvalue weighted by Gasteiger charge is -2.20. The molecule has 1 atom stereocenters. The summed E-state index contributed by atoms with van der Waals surface area (Å²) in [5.74, 6) is 1.76. The van der Waals surface area contributed by atoms with Gasteiger partial charge in [-0.25, -0.2) is 4.79 Å². The van der Waals surface area contributed by atoms with Crippen molar-refractivity contribution >= 4 is 5.97 Å². The Morgan fingerprint density at radius 1 is 1.14 bits per heavy atom. The smallest absolute Gasteiger partial charge is 0.333 e. The lowest BCUT2D eigenvalue weighted by Crippen LogP contribution is -2.09. The van der Waals surface area contributed by atoms with Crippen molar-refractivity contribution in [3.63, 3.8) is 0 Å². The molecule has 0 saturated heterocycles. The highest BCUT2D eigenvalue weighted by atomic mass is 16.5. The maximum atomic E-state index is 11.4. The van der Waals surface area contributed by atoms with Crippen LogP contribution in [0.15, 0.2) is 24.3 Å². The summed E-state index contributed by atoms with van der Waals surface area (Å²) >= 11 is 0. The largest absolute Gasteiger partial charge is 0.496 e. The molecule has 0 heterocycles. The zero-order valence-electron chi connectivity index (χ0n) is 13.9. The number of carbonyl (C=O) groups excluding carboxylic acids is 1. The van der Waals surface area contributed by atoms with Crippen LogP contribution in [0.2, 0.25) is 0 Å². The minimum Gasteiger partial charge on any atom is -0.496 e. The molecule has 5 nitrogen and oxygen atoms in total. The molecule has 0 saturated carbocycles. The van der Waals surface area contributed by atoms with Crippen molar-refractivity contribution < 1.29 is 23.7 Å². The monoisotopic (exact) mass is 308 g/mol. The Kier molecular flexibility index (Phi) is 6.76. The van der Waals surface area contributed by atoms with E-state index >= 15 is 0 Å².